The molecule has 0 radical (unpaired) electrons. The molecule has 1 amide bonds. The van der Waals surface area contributed by atoms with E-state index in [1.165, 1.54) is 43.0 Å². The van der Waals surface area contributed by atoms with E-state index >= 15 is 0 Å². The Morgan fingerprint density at radius 1 is 0.974 bits per heavy atom. The van der Waals surface area contributed by atoms with Gasteiger partial charge in [0.25, 0.3) is 0 Å². The van der Waals surface area contributed by atoms with Crippen molar-refractivity contribution in [2.75, 3.05) is 6.54 Å². The second-order valence-electron chi connectivity index (χ2n) is 9.46. The molecule has 12 heteroatoms. The third-order valence-corrected chi connectivity index (χ3v) is 6.88. The lowest BCUT2D eigenvalue weighted by Gasteiger charge is -2.38. The maximum absolute atomic E-state index is 13.7. The minimum atomic E-state index is -5.02. The second-order valence-corrected chi connectivity index (χ2v) is 9.46. The van der Waals surface area contributed by atoms with Gasteiger partial charge in [0.1, 0.15) is 11.9 Å². The molecular formula is C26H24F7NO4. The van der Waals surface area contributed by atoms with E-state index in [9.17, 15) is 40.3 Å². The van der Waals surface area contributed by atoms with E-state index in [0.717, 1.165) is 0 Å². The Hall–Kier alpha value is -3.15. The van der Waals surface area contributed by atoms with Gasteiger partial charge < -0.3 is 14.4 Å². The number of piperidine rings is 1. The summed E-state index contributed by atoms with van der Waals surface area (Å²) in [5.41, 5.74) is -2.77. The van der Waals surface area contributed by atoms with Crippen LogP contribution in [0.4, 0.5) is 30.7 Å². The number of rotatable bonds is 5. The summed E-state index contributed by atoms with van der Waals surface area (Å²) >= 11 is 0. The lowest BCUT2D eigenvalue weighted by molar-refractivity contribution is -0.158. The van der Waals surface area contributed by atoms with Crippen molar-refractivity contribution in [3.05, 3.63) is 70.5 Å². The molecular weight excluding hydrogens is 523 g/mol. The Bertz CT molecular complexity index is 1160. The van der Waals surface area contributed by atoms with Gasteiger partial charge in [-0.2, -0.15) is 26.3 Å². The van der Waals surface area contributed by atoms with E-state index in [4.69, 9.17) is 9.47 Å². The second kappa shape index (κ2) is 10.2. The van der Waals surface area contributed by atoms with Gasteiger partial charge in [-0.25, -0.2) is 4.39 Å². The van der Waals surface area contributed by atoms with E-state index in [-0.39, 0.29) is 36.9 Å². The molecule has 2 aromatic rings. The standard InChI is InChI=1S/C26H24F7NO4/c1-13(16-9-17(25(28,29)30)11-18(10-16)26(31,32)33)37-21-12-34-22(36)8-7-20(38-14(2)35)24(34)23(21)15-3-5-19(27)6-4-15/h3-6,9-11,13,20-21,23-24H,7-8,12H2,1-2H3/t13-,20?,21+,23?,24?/m1/s1. The summed E-state index contributed by atoms with van der Waals surface area (Å²) in [5.74, 6) is -2.07. The Morgan fingerprint density at radius 2 is 1.55 bits per heavy atom. The lowest BCUT2D eigenvalue weighted by atomic mass is 9.84. The van der Waals surface area contributed by atoms with E-state index < -0.39 is 65.5 Å². The number of ether oxygens (including phenoxy) is 2. The summed E-state index contributed by atoms with van der Waals surface area (Å²) in [5, 5.41) is 0. The highest BCUT2D eigenvalue weighted by Gasteiger charge is 2.52. The first-order valence-electron chi connectivity index (χ1n) is 11.8. The van der Waals surface area contributed by atoms with Crippen LogP contribution in [0, 0.1) is 5.82 Å². The summed E-state index contributed by atoms with van der Waals surface area (Å²) in [6, 6.07) is 5.81. The summed E-state index contributed by atoms with van der Waals surface area (Å²) in [6.45, 7) is 2.49. The van der Waals surface area contributed by atoms with Gasteiger partial charge in [0, 0.05) is 25.8 Å². The molecule has 206 valence electrons. The normalized spacial score (nSPS) is 24.8. The van der Waals surface area contributed by atoms with Gasteiger partial charge >= 0.3 is 18.3 Å². The van der Waals surface area contributed by atoms with Gasteiger partial charge in [-0.1, -0.05) is 12.1 Å². The molecule has 0 spiro atoms. The maximum atomic E-state index is 13.7. The van der Waals surface area contributed by atoms with Crippen LogP contribution < -0.4 is 0 Å². The summed E-state index contributed by atoms with van der Waals surface area (Å²) < 4.78 is 106. The van der Waals surface area contributed by atoms with E-state index in [2.05, 4.69) is 0 Å². The van der Waals surface area contributed by atoms with Crippen LogP contribution in [0.5, 0.6) is 0 Å². The highest BCUT2D eigenvalue weighted by Crippen LogP contribution is 2.44. The van der Waals surface area contributed by atoms with Crippen molar-refractivity contribution >= 4 is 11.9 Å². The lowest BCUT2D eigenvalue weighted by Crippen LogP contribution is -2.50. The molecule has 2 fully saturated rings. The number of hydrogen-bond acceptors (Lipinski definition) is 4. The number of benzene rings is 2. The van der Waals surface area contributed by atoms with E-state index in [1.54, 1.807) is 0 Å². The van der Waals surface area contributed by atoms with Crippen molar-refractivity contribution in [3.63, 3.8) is 0 Å². The van der Waals surface area contributed by atoms with Crippen molar-refractivity contribution in [2.24, 2.45) is 0 Å². The predicted octanol–water partition coefficient (Wildman–Crippen LogP) is 6.03. The zero-order chi connectivity index (χ0) is 28.0. The van der Waals surface area contributed by atoms with Crippen molar-refractivity contribution in [2.45, 2.75) is 69.3 Å². The van der Waals surface area contributed by atoms with Gasteiger partial charge in [0.05, 0.1) is 29.4 Å². The van der Waals surface area contributed by atoms with Gasteiger partial charge in [0.2, 0.25) is 5.91 Å². The monoisotopic (exact) mass is 547 g/mol. The summed E-state index contributed by atoms with van der Waals surface area (Å²) in [6.07, 6.45) is -12.6. The third kappa shape index (κ3) is 5.79. The Kier molecular flexibility index (Phi) is 7.48. The number of carbonyl (C=O) groups is 2. The average molecular weight is 547 g/mol. The van der Waals surface area contributed by atoms with Crippen molar-refractivity contribution in [1.29, 1.82) is 0 Å². The van der Waals surface area contributed by atoms with Crippen LogP contribution >= 0.6 is 0 Å². The molecule has 0 aliphatic carbocycles. The van der Waals surface area contributed by atoms with Gasteiger partial charge in [-0.15, -0.1) is 0 Å². The minimum Gasteiger partial charge on any atom is -0.460 e. The van der Waals surface area contributed by atoms with Crippen LogP contribution in [0.1, 0.15) is 61.0 Å². The number of halogens is 7. The number of amides is 1. The molecule has 5 nitrogen and oxygen atoms in total. The highest BCUT2D eigenvalue weighted by molar-refractivity contribution is 5.79. The molecule has 0 bridgehead atoms. The Morgan fingerprint density at radius 3 is 2.08 bits per heavy atom. The molecule has 0 saturated carbocycles. The molecule has 2 aromatic carbocycles. The van der Waals surface area contributed by atoms with E-state index in [1.807, 2.05) is 0 Å². The Labute approximate surface area is 213 Å². The molecule has 5 atom stereocenters. The number of carbonyl (C=O) groups excluding carboxylic acids is 2. The number of hydrogen-bond donors (Lipinski definition) is 0. The number of fused-ring (bicyclic) bond motifs is 1. The molecule has 3 unspecified atom stereocenters. The van der Waals surface area contributed by atoms with Crippen molar-refractivity contribution in [1.82, 2.24) is 4.90 Å². The van der Waals surface area contributed by atoms with Crippen LogP contribution in [0.15, 0.2) is 42.5 Å². The zero-order valence-electron chi connectivity index (χ0n) is 20.3. The van der Waals surface area contributed by atoms with Crippen molar-refractivity contribution < 1.29 is 49.8 Å². The fourth-order valence-electron chi connectivity index (χ4n) is 5.24. The average Bonchev–Trinajstić information content (AvgIpc) is 3.20. The molecule has 2 saturated heterocycles. The highest BCUT2D eigenvalue weighted by atomic mass is 19.4. The molecule has 4 rings (SSSR count). The van der Waals surface area contributed by atoms with Crippen LogP contribution in [0.25, 0.3) is 0 Å². The van der Waals surface area contributed by atoms with Crippen LogP contribution in [-0.4, -0.2) is 41.6 Å². The fraction of sp³-hybridized carbons (Fsp3) is 0.462. The first-order valence-corrected chi connectivity index (χ1v) is 11.8. The van der Waals surface area contributed by atoms with Crippen LogP contribution in [0.2, 0.25) is 0 Å². The number of alkyl halides is 6. The molecule has 0 N–H and O–H groups in total. The van der Waals surface area contributed by atoms with Gasteiger partial charge in [0.15, 0.2) is 0 Å². The topological polar surface area (TPSA) is 55.8 Å². The first-order chi connectivity index (χ1) is 17.6. The van der Waals surface area contributed by atoms with Crippen LogP contribution in [-0.2, 0) is 31.4 Å². The first kappa shape index (κ1) is 27.9. The molecule has 2 aliphatic heterocycles. The van der Waals surface area contributed by atoms with E-state index in [0.29, 0.717) is 17.7 Å². The fourth-order valence-corrected chi connectivity index (χ4v) is 5.24. The maximum Gasteiger partial charge on any atom is 0.416 e. The van der Waals surface area contributed by atoms with Crippen LogP contribution in [0.3, 0.4) is 0 Å². The number of esters is 1. The molecule has 38 heavy (non-hydrogen) atoms. The zero-order valence-corrected chi connectivity index (χ0v) is 20.3. The Balaban J connectivity index is 1.72. The minimum absolute atomic E-state index is 0.0374. The smallest absolute Gasteiger partial charge is 0.416 e. The van der Waals surface area contributed by atoms with Crippen molar-refractivity contribution in [3.8, 4) is 0 Å². The SMILES string of the molecule is CC(=O)OC1CCC(=O)N2C[C@H](O[C@H](C)c3cc(C(F)(F)F)cc(C(F)(F)F)c3)C(c3ccc(F)cc3)C12. The summed E-state index contributed by atoms with van der Waals surface area (Å²) in [7, 11) is 0. The number of nitrogens with zero attached hydrogens (tertiary/aromatic N) is 1. The quantitative estimate of drug-likeness (QED) is 0.339. The predicted molar refractivity (Wildman–Crippen MR) is 119 cm³/mol. The summed E-state index contributed by atoms with van der Waals surface area (Å²) in [4.78, 5) is 26.0. The molecule has 2 aliphatic rings. The molecule has 0 aromatic heterocycles. The van der Waals surface area contributed by atoms with Gasteiger partial charge in [-0.3, -0.25) is 9.59 Å². The van der Waals surface area contributed by atoms with Gasteiger partial charge in [-0.05, 0) is 54.8 Å². The third-order valence-electron chi connectivity index (χ3n) is 6.88. The molecule has 2 heterocycles. The largest absolute Gasteiger partial charge is 0.460 e.